The summed E-state index contributed by atoms with van der Waals surface area (Å²) in [5.41, 5.74) is 6.03. The Balaban J connectivity index is 2.80. The highest BCUT2D eigenvalue weighted by Gasteiger charge is 2.20. The molecule has 1 aromatic rings. The molecule has 0 bridgehead atoms. The van der Waals surface area contributed by atoms with Gasteiger partial charge in [-0.2, -0.15) is 0 Å². The van der Waals surface area contributed by atoms with E-state index in [2.05, 4.69) is 9.71 Å². The minimum atomic E-state index is -3.48. The lowest BCUT2D eigenvalue weighted by Gasteiger charge is -2.22. The van der Waals surface area contributed by atoms with Gasteiger partial charge in [-0.3, -0.25) is 4.98 Å². The highest BCUT2D eigenvalue weighted by molar-refractivity contribution is 7.89. The van der Waals surface area contributed by atoms with E-state index in [0.717, 1.165) is 6.42 Å². The molecule has 0 saturated heterocycles. The minimum absolute atomic E-state index is 0.0578. The van der Waals surface area contributed by atoms with Gasteiger partial charge in [0.2, 0.25) is 10.0 Å². The molecule has 0 aliphatic rings. The third kappa shape index (κ3) is 4.04. The van der Waals surface area contributed by atoms with Crippen LogP contribution in [0.25, 0.3) is 0 Å². The van der Waals surface area contributed by atoms with Crippen LogP contribution in [0, 0.1) is 5.41 Å². The van der Waals surface area contributed by atoms with Crippen molar-refractivity contribution >= 4 is 10.0 Å². The van der Waals surface area contributed by atoms with Gasteiger partial charge in [0.25, 0.3) is 0 Å². The van der Waals surface area contributed by atoms with Crippen molar-refractivity contribution in [2.45, 2.75) is 38.6 Å². The second kappa shape index (κ2) is 5.77. The second-order valence-corrected chi connectivity index (χ2v) is 6.80. The lowest BCUT2D eigenvalue weighted by molar-refractivity contribution is 0.350. The topological polar surface area (TPSA) is 85.1 Å². The molecule has 3 N–H and O–H groups in total. The van der Waals surface area contributed by atoms with E-state index in [1.165, 1.54) is 12.3 Å². The van der Waals surface area contributed by atoms with E-state index in [1.807, 2.05) is 20.8 Å². The van der Waals surface area contributed by atoms with Gasteiger partial charge in [-0.15, -0.1) is 0 Å². The maximum Gasteiger partial charge on any atom is 0.242 e. The summed E-state index contributed by atoms with van der Waals surface area (Å²) in [4.78, 5) is 4.16. The highest BCUT2D eigenvalue weighted by atomic mass is 32.2. The summed E-state index contributed by atoms with van der Waals surface area (Å²) >= 11 is 0. The van der Waals surface area contributed by atoms with Crippen molar-refractivity contribution in [1.82, 2.24) is 9.71 Å². The van der Waals surface area contributed by atoms with Crippen molar-refractivity contribution in [3.05, 3.63) is 24.0 Å². The van der Waals surface area contributed by atoms with Gasteiger partial charge < -0.3 is 5.73 Å². The number of rotatable bonds is 6. The number of nitrogens with one attached hydrogen (secondary N) is 1. The Morgan fingerprint density at radius 2 is 2.06 bits per heavy atom. The molecule has 102 valence electrons. The number of aromatic nitrogens is 1. The Morgan fingerprint density at radius 3 is 2.50 bits per heavy atom. The number of nitrogens with zero attached hydrogens (tertiary/aromatic N) is 1. The molecule has 0 unspecified atom stereocenters. The molecule has 0 aliphatic carbocycles. The van der Waals surface area contributed by atoms with Gasteiger partial charge in [0, 0.05) is 19.3 Å². The molecule has 5 nitrogen and oxygen atoms in total. The van der Waals surface area contributed by atoms with Crippen LogP contribution in [0.2, 0.25) is 0 Å². The van der Waals surface area contributed by atoms with Crippen molar-refractivity contribution in [3.8, 4) is 0 Å². The van der Waals surface area contributed by atoms with Gasteiger partial charge in [-0.1, -0.05) is 20.8 Å². The fraction of sp³-hybridized carbons (Fsp3) is 0.583. The van der Waals surface area contributed by atoms with E-state index < -0.39 is 10.0 Å². The first-order valence-electron chi connectivity index (χ1n) is 5.95. The molecule has 18 heavy (non-hydrogen) atoms. The fourth-order valence-corrected chi connectivity index (χ4v) is 2.38. The first-order valence-corrected chi connectivity index (χ1v) is 7.44. The number of sulfonamides is 1. The van der Waals surface area contributed by atoms with Crippen LogP contribution in [0.1, 0.15) is 32.9 Å². The Morgan fingerprint density at radius 1 is 1.39 bits per heavy atom. The molecule has 0 aliphatic heterocycles. The van der Waals surface area contributed by atoms with Crippen LogP contribution < -0.4 is 10.5 Å². The van der Waals surface area contributed by atoms with Gasteiger partial charge in [0.15, 0.2) is 0 Å². The fourth-order valence-electron chi connectivity index (χ4n) is 1.19. The summed E-state index contributed by atoms with van der Waals surface area (Å²) < 4.78 is 26.6. The molecule has 0 atom stereocenters. The Bertz CT molecular complexity index is 481. The van der Waals surface area contributed by atoms with Crippen LogP contribution in [0.15, 0.2) is 23.2 Å². The van der Waals surface area contributed by atoms with E-state index in [9.17, 15) is 8.42 Å². The lowest BCUT2D eigenvalue weighted by atomic mass is 9.91. The first-order chi connectivity index (χ1) is 8.30. The van der Waals surface area contributed by atoms with Crippen molar-refractivity contribution in [3.63, 3.8) is 0 Å². The normalized spacial score (nSPS) is 12.7. The standard InChI is InChI=1S/C12H21N3O2S/c1-4-12(2,3)9-15-18(16,17)11-6-5-10(7-13)14-8-11/h5-6,8,15H,4,7,9,13H2,1-3H3. The lowest BCUT2D eigenvalue weighted by Crippen LogP contribution is -2.33. The van der Waals surface area contributed by atoms with E-state index in [1.54, 1.807) is 6.07 Å². The van der Waals surface area contributed by atoms with Crippen LogP contribution in [-0.4, -0.2) is 19.9 Å². The SMILES string of the molecule is CCC(C)(C)CNS(=O)(=O)c1ccc(CN)nc1. The van der Waals surface area contributed by atoms with Crippen LogP contribution in [0.5, 0.6) is 0 Å². The molecule has 0 aromatic carbocycles. The third-order valence-corrected chi connectivity index (χ3v) is 4.40. The van der Waals surface area contributed by atoms with E-state index in [4.69, 9.17) is 5.73 Å². The first kappa shape index (κ1) is 15.1. The monoisotopic (exact) mass is 271 g/mol. The van der Waals surface area contributed by atoms with Gasteiger partial charge in [-0.25, -0.2) is 13.1 Å². The zero-order chi connectivity index (χ0) is 13.8. The molecule has 0 saturated carbocycles. The summed E-state index contributed by atoms with van der Waals surface area (Å²) in [6.07, 6.45) is 2.24. The van der Waals surface area contributed by atoms with E-state index in [-0.39, 0.29) is 10.3 Å². The summed E-state index contributed by atoms with van der Waals surface area (Å²) in [6, 6.07) is 3.15. The number of pyridine rings is 1. The van der Waals surface area contributed by atoms with Gasteiger partial charge in [0.05, 0.1) is 5.69 Å². The third-order valence-electron chi connectivity index (χ3n) is 3.01. The Kier molecular flexibility index (Phi) is 4.84. The van der Waals surface area contributed by atoms with Gasteiger partial charge in [-0.05, 0) is 24.0 Å². The molecular weight excluding hydrogens is 250 g/mol. The van der Waals surface area contributed by atoms with E-state index in [0.29, 0.717) is 18.8 Å². The molecule has 0 radical (unpaired) electrons. The zero-order valence-corrected chi connectivity index (χ0v) is 11.9. The van der Waals surface area contributed by atoms with Gasteiger partial charge >= 0.3 is 0 Å². The number of hydrogen-bond acceptors (Lipinski definition) is 4. The van der Waals surface area contributed by atoms with Crippen molar-refractivity contribution < 1.29 is 8.42 Å². The highest BCUT2D eigenvalue weighted by Crippen LogP contribution is 2.19. The Hall–Kier alpha value is -0.980. The summed E-state index contributed by atoms with van der Waals surface area (Å²) in [7, 11) is -3.48. The second-order valence-electron chi connectivity index (χ2n) is 5.03. The van der Waals surface area contributed by atoms with Crippen LogP contribution >= 0.6 is 0 Å². The van der Waals surface area contributed by atoms with E-state index >= 15 is 0 Å². The van der Waals surface area contributed by atoms with Crippen LogP contribution in [0.3, 0.4) is 0 Å². The largest absolute Gasteiger partial charge is 0.325 e. The zero-order valence-electron chi connectivity index (χ0n) is 11.1. The molecule has 1 rings (SSSR count). The number of hydrogen-bond donors (Lipinski definition) is 2. The van der Waals surface area contributed by atoms with Gasteiger partial charge in [0.1, 0.15) is 4.90 Å². The minimum Gasteiger partial charge on any atom is -0.325 e. The average Bonchev–Trinajstić information content (AvgIpc) is 2.37. The summed E-state index contributed by atoms with van der Waals surface area (Å²) in [5.74, 6) is 0. The number of nitrogens with two attached hydrogens (primary N) is 1. The quantitative estimate of drug-likeness (QED) is 0.815. The molecule has 0 fully saturated rings. The molecular formula is C12H21N3O2S. The predicted molar refractivity (Wildman–Crippen MR) is 71.4 cm³/mol. The maximum atomic E-state index is 12.0. The molecule has 1 heterocycles. The molecule has 0 amide bonds. The molecule has 0 spiro atoms. The smallest absolute Gasteiger partial charge is 0.242 e. The average molecular weight is 271 g/mol. The maximum absolute atomic E-state index is 12.0. The summed E-state index contributed by atoms with van der Waals surface area (Å²) in [6.45, 7) is 6.78. The predicted octanol–water partition coefficient (Wildman–Crippen LogP) is 1.25. The molecule has 6 heteroatoms. The Labute approximate surface area is 109 Å². The van der Waals surface area contributed by atoms with Crippen molar-refractivity contribution in [2.75, 3.05) is 6.54 Å². The van der Waals surface area contributed by atoms with Crippen molar-refractivity contribution in [1.29, 1.82) is 0 Å². The van der Waals surface area contributed by atoms with Crippen molar-refractivity contribution in [2.24, 2.45) is 11.1 Å². The van der Waals surface area contributed by atoms with Crippen LogP contribution in [0.4, 0.5) is 0 Å². The van der Waals surface area contributed by atoms with Crippen LogP contribution in [-0.2, 0) is 16.6 Å². The summed E-state index contributed by atoms with van der Waals surface area (Å²) in [5, 5.41) is 0. The molecule has 1 aromatic heterocycles.